The van der Waals surface area contributed by atoms with Crippen LogP contribution in [-0.4, -0.2) is 52.8 Å². The Kier molecular flexibility index (Phi) is 7.28. The van der Waals surface area contributed by atoms with Gasteiger partial charge in [-0.2, -0.15) is 0 Å². The van der Waals surface area contributed by atoms with Crippen molar-refractivity contribution in [2.45, 2.75) is 45.1 Å². The third kappa shape index (κ3) is 5.04. The SMILES string of the molecule is CCOc1ccc(NC(=O)COC(=O)c2ccc3c(c2)C(=O)N(C2CCCCC2)C3=O)c([N+](=O)[O-])c1. The number of nitro groups is 1. The summed E-state index contributed by atoms with van der Waals surface area (Å²) in [5.74, 6) is -2.17. The predicted octanol–water partition coefficient (Wildman–Crippen LogP) is 3.72. The quantitative estimate of drug-likeness (QED) is 0.252. The summed E-state index contributed by atoms with van der Waals surface area (Å²) in [7, 11) is 0. The van der Waals surface area contributed by atoms with Gasteiger partial charge in [-0.05, 0) is 50.1 Å². The Hall–Kier alpha value is -4.28. The second kappa shape index (κ2) is 10.5. The fourth-order valence-corrected chi connectivity index (χ4v) is 4.48. The molecule has 1 aliphatic carbocycles. The number of nitro benzene ring substituents is 1. The minimum Gasteiger partial charge on any atom is -0.494 e. The molecule has 0 spiro atoms. The van der Waals surface area contributed by atoms with E-state index in [1.54, 1.807) is 6.92 Å². The molecule has 2 aromatic carbocycles. The highest BCUT2D eigenvalue weighted by Gasteiger charge is 2.40. The summed E-state index contributed by atoms with van der Waals surface area (Å²) in [5, 5.41) is 13.7. The van der Waals surface area contributed by atoms with Crippen LogP contribution in [0, 0.1) is 10.1 Å². The first-order valence-electron chi connectivity index (χ1n) is 11.7. The zero-order valence-electron chi connectivity index (χ0n) is 19.7. The molecule has 11 nitrogen and oxygen atoms in total. The summed E-state index contributed by atoms with van der Waals surface area (Å²) in [6.45, 7) is 1.35. The molecule has 0 radical (unpaired) electrons. The average molecular weight is 495 g/mol. The molecule has 1 N–H and O–H groups in total. The molecule has 1 aliphatic heterocycles. The van der Waals surface area contributed by atoms with Crippen LogP contribution in [0.15, 0.2) is 36.4 Å². The Balaban J connectivity index is 1.40. The molecule has 3 amide bonds. The minimum absolute atomic E-state index is 0.0141. The van der Waals surface area contributed by atoms with Gasteiger partial charge in [-0.3, -0.25) is 29.4 Å². The highest BCUT2D eigenvalue weighted by molar-refractivity contribution is 6.22. The summed E-state index contributed by atoms with van der Waals surface area (Å²) in [6.07, 6.45) is 4.52. The summed E-state index contributed by atoms with van der Waals surface area (Å²) in [6, 6.07) is 7.92. The summed E-state index contributed by atoms with van der Waals surface area (Å²) >= 11 is 0. The Morgan fingerprint density at radius 3 is 2.47 bits per heavy atom. The highest BCUT2D eigenvalue weighted by Crippen LogP contribution is 2.32. The van der Waals surface area contributed by atoms with E-state index in [4.69, 9.17) is 9.47 Å². The van der Waals surface area contributed by atoms with Crippen LogP contribution >= 0.6 is 0 Å². The Labute approximate surface area is 206 Å². The van der Waals surface area contributed by atoms with Crippen molar-refractivity contribution in [3.05, 3.63) is 63.2 Å². The normalized spacial score (nSPS) is 15.4. The number of esters is 1. The molecule has 4 rings (SSSR count). The zero-order valence-corrected chi connectivity index (χ0v) is 19.7. The maximum Gasteiger partial charge on any atom is 0.338 e. The van der Waals surface area contributed by atoms with Crippen LogP contribution in [0.1, 0.15) is 70.1 Å². The fraction of sp³-hybridized carbons (Fsp3) is 0.360. The molecule has 2 aromatic rings. The van der Waals surface area contributed by atoms with E-state index in [9.17, 15) is 29.3 Å². The van der Waals surface area contributed by atoms with Crippen molar-refractivity contribution in [2.75, 3.05) is 18.5 Å². The van der Waals surface area contributed by atoms with E-state index >= 15 is 0 Å². The highest BCUT2D eigenvalue weighted by atomic mass is 16.6. The summed E-state index contributed by atoms with van der Waals surface area (Å²) < 4.78 is 10.3. The first-order chi connectivity index (χ1) is 17.3. The molecular formula is C25H25N3O8. The second-order valence-corrected chi connectivity index (χ2v) is 8.53. The number of carbonyl (C=O) groups excluding carboxylic acids is 4. The van der Waals surface area contributed by atoms with E-state index in [0.717, 1.165) is 32.1 Å². The first-order valence-corrected chi connectivity index (χ1v) is 11.7. The van der Waals surface area contributed by atoms with Crippen LogP contribution in [0.2, 0.25) is 0 Å². The van der Waals surface area contributed by atoms with Gasteiger partial charge in [0, 0.05) is 6.04 Å². The third-order valence-corrected chi connectivity index (χ3v) is 6.18. The van der Waals surface area contributed by atoms with Crippen LogP contribution in [0.4, 0.5) is 11.4 Å². The van der Waals surface area contributed by atoms with E-state index in [-0.39, 0.29) is 45.8 Å². The lowest BCUT2D eigenvalue weighted by molar-refractivity contribution is -0.384. The number of benzene rings is 2. The molecule has 0 atom stereocenters. The van der Waals surface area contributed by atoms with Crippen molar-refractivity contribution in [3.8, 4) is 5.75 Å². The molecule has 36 heavy (non-hydrogen) atoms. The lowest BCUT2D eigenvalue weighted by atomic mass is 9.94. The van der Waals surface area contributed by atoms with Gasteiger partial charge in [-0.15, -0.1) is 0 Å². The van der Waals surface area contributed by atoms with E-state index in [2.05, 4.69) is 5.32 Å². The van der Waals surface area contributed by atoms with Gasteiger partial charge in [0.05, 0.1) is 34.3 Å². The molecule has 2 aliphatic rings. The number of imide groups is 1. The van der Waals surface area contributed by atoms with Gasteiger partial charge in [0.1, 0.15) is 11.4 Å². The monoisotopic (exact) mass is 495 g/mol. The van der Waals surface area contributed by atoms with E-state index in [1.807, 2.05) is 0 Å². The Morgan fingerprint density at radius 2 is 1.78 bits per heavy atom. The molecule has 0 unspecified atom stereocenters. The number of amides is 3. The van der Waals surface area contributed by atoms with E-state index in [1.165, 1.54) is 41.3 Å². The van der Waals surface area contributed by atoms with E-state index in [0.29, 0.717) is 6.61 Å². The third-order valence-electron chi connectivity index (χ3n) is 6.18. The number of rotatable bonds is 8. The van der Waals surface area contributed by atoms with Gasteiger partial charge < -0.3 is 14.8 Å². The van der Waals surface area contributed by atoms with Crippen LogP contribution < -0.4 is 10.1 Å². The number of hydrogen-bond donors (Lipinski definition) is 1. The topological polar surface area (TPSA) is 145 Å². The molecular weight excluding hydrogens is 470 g/mol. The van der Waals surface area contributed by atoms with Gasteiger partial charge in [0.25, 0.3) is 23.4 Å². The Bertz CT molecular complexity index is 1240. The molecule has 0 bridgehead atoms. The molecule has 0 aromatic heterocycles. The van der Waals surface area contributed by atoms with Crippen molar-refractivity contribution >= 4 is 35.1 Å². The van der Waals surface area contributed by atoms with Crippen LogP contribution in [0.5, 0.6) is 5.75 Å². The maximum atomic E-state index is 12.9. The zero-order chi connectivity index (χ0) is 25.8. The second-order valence-electron chi connectivity index (χ2n) is 8.53. The first kappa shape index (κ1) is 24.8. The molecule has 1 fully saturated rings. The molecule has 11 heteroatoms. The molecule has 1 heterocycles. The number of nitrogens with one attached hydrogen (secondary N) is 1. The van der Waals surface area contributed by atoms with Crippen molar-refractivity contribution in [3.63, 3.8) is 0 Å². The van der Waals surface area contributed by atoms with Gasteiger partial charge >= 0.3 is 5.97 Å². The lowest BCUT2D eigenvalue weighted by Crippen LogP contribution is -2.40. The number of hydrogen-bond acceptors (Lipinski definition) is 8. The summed E-state index contributed by atoms with van der Waals surface area (Å²) in [5.41, 5.74) is -0.0590. The van der Waals surface area contributed by atoms with Gasteiger partial charge in [0.2, 0.25) is 0 Å². The van der Waals surface area contributed by atoms with Crippen LogP contribution in [-0.2, 0) is 9.53 Å². The number of ether oxygens (including phenoxy) is 2. The fourth-order valence-electron chi connectivity index (χ4n) is 4.48. The number of nitrogens with zero attached hydrogens (tertiary/aromatic N) is 2. The van der Waals surface area contributed by atoms with Gasteiger partial charge in [-0.25, -0.2) is 4.79 Å². The van der Waals surface area contributed by atoms with Crippen molar-refractivity contribution in [2.24, 2.45) is 0 Å². The largest absolute Gasteiger partial charge is 0.494 e. The Morgan fingerprint density at radius 1 is 1.06 bits per heavy atom. The number of carbonyl (C=O) groups is 4. The lowest BCUT2D eigenvalue weighted by Gasteiger charge is -2.29. The molecule has 1 saturated carbocycles. The van der Waals surface area contributed by atoms with Crippen molar-refractivity contribution < 1.29 is 33.6 Å². The average Bonchev–Trinajstić information content (AvgIpc) is 3.13. The maximum absolute atomic E-state index is 12.9. The molecule has 188 valence electrons. The van der Waals surface area contributed by atoms with Gasteiger partial charge in [-0.1, -0.05) is 19.3 Å². The smallest absolute Gasteiger partial charge is 0.338 e. The van der Waals surface area contributed by atoms with Crippen LogP contribution in [0.3, 0.4) is 0 Å². The molecule has 0 saturated heterocycles. The number of anilines is 1. The summed E-state index contributed by atoms with van der Waals surface area (Å²) in [4.78, 5) is 62.5. The van der Waals surface area contributed by atoms with E-state index < -0.39 is 29.3 Å². The predicted molar refractivity (Wildman–Crippen MR) is 127 cm³/mol. The minimum atomic E-state index is -0.870. The van der Waals surface area contributed by atoms with Gasteiger partial charge in [0.15, 0.2) is 6.61 Å². The van der Waals surface area contributed by atoms with Crippen molar-refractivity contribution in [1.29, 1.82) is 0 Å². The van der Waals surface area contributed by atoms with Crippen molar-refractivity contribution in [1.82, 2.24) is 4.90 Å². The standard InChI is InChI=1S/C25H25N3O8/c1-2-35-17-9-11-20(21(13-17)28(33)34)26-22(29)14-36-25(32)15-8-10-18-19(12-15)24(31)27(23(18)30)16-6-4-3-5-7-16/h8-13,16H,2-7,14H2,1H3,(H,26,29). The van der Waals surface area contributed by atoms with Crippen LogP contribution in [0.25, 0.3) is 0 Å². The number of fused-ring (bicyclic) bond motifs is 1.